The highest BCUT2D eigenvalue weighted by molar-refractivity contribution is 8.06. The molecular formula is C20H24S2. The lowest BCUT2D eigenvalue weighted by molar-refractivity contribution is 0.903. The minimum Gasteiger partial charge on any atom is -0.0937 e. The molecule has 0 radical (unpaired) electrons. The standard InChI is InChI=1S/C20H24S2/c1-3-11-19(21-17-13-7-5-8-14-17)20(12-4-2)22-18-15-9-6-10-16-18/h5-10,13-16H,3-4,11-12H2,1-2H3. The topological polar surface area (TPSA) is 0 Å². The molecule has 2 aromatic carbocycles. The Morgan fingerprint density at radius 3 is 1.32 bits per heavy atom. The summed E-state index contributed by atoms with van der Waals surface area (Å²) in [6, 6.07) is 21.5. The molecule has 2 rings (SSSR count). The molecule has 0 aliphatic carbocycles. The molecule has 2 aromatic rings. The van der Waals surface area contributed by atoms with Crippen molar-refractivity contribution >= 4 is 23.5 Å². The Hall–Kier alpha value is -1.12. The van der Waals surface area contributed by atoms with Gasteiger partial charge < -0.3 is 0 Å². The van der Waals surface area contributed by atoms with Crippen LogP contribution < -0.4 is 0 Å². The smallest absolute Gasteiger partial charge is 0.0119 e. The van der Waals surface area contributed by atoms with Crippen LogP contribution in [0.2, 0.25) is 0 Å². The van der Waals surface area contributed by atoms with Gasteiger partial charge in [-0.2, -0.15) is 0 Å². The minimum atomic E-state index is 1.16. The third kappa shape index (κ3) is 5.58. The largest absolute Gasteiger partial charge is 0.0937 e. The average Bonchev–Trinajstić information content (AvgIpc) is 2.56. The summed E-state index contributed by atoms with van der Waals surface area (Å²) in [5.74, 6) is 0. The highest BCUT2D eigenvalue weighted by atomic mass is 32.2. The van der Waals surface area contributed by atoms with Crippen molar-refractivity contribution in [2.45, 2.75) is 49.3 Å². The van der Waals surface area contributed by atoms with E-state index in [-0.39, 0.29) is 0 Å². The second-order valence-corrected chi connectivity index (χ2v) is 7.51. The van der Waals surface area contributed by atoms with Gasteiger partial charge in [0.15, 0.2) is 0 Å². The molecular weight excluding hydrogens is 304 g/mol. The van der Waals surface area contributed by atoms with E-state index in [4.69, 9.17) is 0 Å². The molecule has 2 heteroatoms. The van der Waals surface area contributed by atoms with Crippen LogP contribution in [0.3, 0.4) is 0 Å². The second-order valence-electron chi connectivity index (χ2n) is 5.18. The van der Waals surface area contributed by atoms with Crippen molar-refractivity contribution in [1.82, 2.24) is 0 Å². The fourth-order valence-electron chi connectivity index (χ4n) is 2.21. The van der Waals surface area contributed by atoms with Gasteiger partial charge in [0, 0.05) is 9.79 Å². The number of allylic oxidation sites excluding steroid dienone is 2. The van der Waals surface area contributed by atoms with Gasteiger partial charge in [-0.15, -0.1) is 0 Å². The van der Waals surface area contributed by atoms with E-state index in [0.29, 0.717) is 0 Å². The van der Waals surface area contributed by atoms with E-state index in [1.807, 2.05) is 23.5 Å². The van der Waals surface area contributed by atoms with Crippen LogP contribution in [0.4, 0.5) is 0 Å². The van der Waals surface area contributed by atoms with Crippen molar-refractivity contribution in [2.24, 2.45) is 0 Å². The molecule has 0 fully saturated rings. The maximum absolute atomic E-state index is 2.27. The third-order valence-corrected chi connectivity index (χ3v) is 5.77. The zero-order valence-electron chi connectivity index (χ0n) is 13.4. The number of thioether (sulfide) groups is 2. The van der Waals surface area contributed by atoms with Crippen molar-refractivity contribution < 1.29 is 0 Å². The SMILES string of the molecule is CCCC(Sc1ccccc1)=C(CCC)Sc1ccccc1. The predicted molar refractivity (Wildman–Crippen MR) is 101 cm³/mol. The molecule has 0 atom stereocenters. The van der Waals surface area contributed by atoms with Crippen LogP contribution in [-0.2, 0) is 0 Å². The van der Waals surface area contributed by atoms with Crippen molar-refractivity contribution in [3.05, 3.63) is 70.5 Å². The van der Waals surface area contributed by atoms with Gasteiger partial charge in [-0.1, -0.05) is 86.6 Å². The minimum absolute atomic E-state index is 1.16. The lowest BCUT2D eigenvalue weighted by Crippen LogP contribution is -1.87. The van der Waals surface area contributed by atoms with Crippen LogP contribution in [0.15, 0.2) is 80.3 Å². The average molecular weight is 329 g/mol. The Labute approximate surface area is 143 Å². The molecule has 0 bridgehead atoms. The van der Waals surface area contributed by atoms with E-state index >= 15 is 0 Å². The summed E-state index contributed by atoms with van der Waals surface area (Å²) in [6.45, 7) is 4.53. The molecule has 22 heavy (non-hydrogen) atoms. The molecule has 0 nitrogen and oxygen atoms in total. The summed E-state index contributed by atoms with van der Waals surface area (Å²) in [4.78, 5) is 5.75. The Morgan fingerprint density at radius 2 is 1.00 bits per heavy atom. The molecule has 0 heterocycles. The van der Waals surface area contributed by atoms with Gasteiger partial charge in [0.2, 0.25) is 0 Å². The fourth-order valence-corrected chi connectivity index (χ4v) is 4.66. The fraction of sp³-hybridized carbons (Fsp3) is 0.300. The summed E-state index contributed by atoms with van der Waals surface area (Å²) in [7, 11) is 0. The number of rotatable bonds is 8. The number of benzene rings is 2. The number of hydrogen-bond acceptors (Lipinski definition) is 2. The molecule has 0 N–H and O–H groups in total. The summed E-state index contributed by atoms with van der Waals surface area (Å²) in [5, 5.41) is 0. The van der Waals surface area contributed by atoms with E-state index in [0.717, 1.165) is 12.8 Å². The van der Waals surface area contributed by atoms with Gasteiger partial charge in [-0.25, -0.2) is 0 Å². The normalized spacial score (nSPS) is 12.1. The van der Waals surface area contributed by atoms with Crippen molar-refractivity contribution in [3.8, 4) is 0 Å². The third-order valence-electron chi connectivity index (χ3n) is 3.23. The van der Waals surface area contributed by atoms with Crippen molar-refractivity contribution in [2.75, 3.05) is 0 Å². The van der Waals surface area contributed by atoms with Gasteiger partial charge in [0.25, 0.3) is 0 Å². The lowest BCUT2D eigenvalue weighted by Gasteiger charge is -2.14. The van der Waals surface area contributed by atoms with Crippen LogP contribution in [-0.4, -0.2) is 0 Å². The summed E-state index contributed by atoms with van der Waals surface area (Å²) in [5.41, 5.74) is 0. The first kappa shape index (κ1) is 17.2. The monoisotopic (exact) mass is 328 g/mol. The lowest BCUT2D eigenvalue weighted by atomic mass is 10.2. The Bertz CT molecular complexity index is 520. The molecule has 0 unspecified atom stereocenters. The maximum atomic E-state index is 2.27. The van der Waals surface area contributed by atoms with Gasteiger partial charge in [0.1, 0.15) is 0 Å². The van der Waals surface area contributed by atoms with E-state index < -0.39 is 0 Å². The van der Waals surface area contributed by atoms with Crippen LogP contribution >= 0.6 is 23.5 Å². The summed E-state index contributed by atoms with van der Waals surface area (Å²) in [6.07, 6.45) is 4.71. The van der Waals surface area contributed by atoms with E-state index in [1.165, 1.54) is 32.4 Å². The first-order valence-electron chi connectivity index (χ1n) is 8.01. The van der Waals surface area contributed by atoms with E-state index in [1.54, 1.807) is 0 Å². The zero-order chi connectivity index (χ0) is 15.6. The molecule has 0 amide bonds. The molecule has 0 saturated heterocycles. The predicted octanol–water partition coefficient (Wildman–Crippen LogP) is 7.38. The molecule has 0 saturated carbocycles. The van der Waals surface area contributed by atoms with Crippen LogP contribution in [0.25, 0.3) is 0 Å². The molecule has 0 spiro atoms. The summed E-state index contributed by atoms with van der Waals surface area (Å²) < 4.78 is 0. The molecule has 0 aromatic heterocycles. The second kappa shape index (κ2) is 9.81. The van der Waals surface area contributed by atoms with Crippen molar-refractivity contribution in [1.29, 1.82) is 0 Å². The first-order chi connectivity index (χ1) is 10.8. The van der Waals surface area contributed by atoms with E-state index in [9.17, 15) is 0 Å². The van der Waals surface area contributed by atoms with Gasteiger partial charge >= 0.3 is 0 Å². The zero-order valence-corrected chi connectivity index (χ0v) is 15.1. The highest BCUT2D eigenvalue weighted by Crippen LogP contribution is 2.40. The van der Waals surface area contributed by atoms with E-state index in [2.05, 4.69) is 74.5 Å². The van der Waals surface area contributed by atoms with Crippen molar-refractivity contribution in [3.63, 3.8) is 0 Å². The highest BCUT2D eigenvalue weighted by Gasteiger charge is 2.10. The quantitative estimate of drug-likeness (QED) is 0.463. The van der Waals surface area contributed by atoms with Crippen LogP contribution in [0, 0.1) is 0 Å². The Kier molecular flexibility index (Phi) is 7.68. The molecule has 0 aliphatic rings. The van der Waals surface area contributed by atoms with Crippen LogP contribution in [0.1, 0.15) is 39.5 Å². The Balaban J connectivity index is 2.25. The van der Waals surface area contributed by atoms with Gasteiger partial charge in [-0.3, -0.25) is 0 Å². The first-order valence-corrected chi connectivity index (χ1v) is 9.64. The molecule has 0 aliphatic heterocycles. The number of hydrogen-bond donors (Lipinski definition) is 0. The van der Waals surface area contributed by atoms with Gasteiger partial charge in [-0.05, 0) is 46.9 Å². The molecule has 116 valence electrons. The Morgan fingerprint density at radius 1 is 0.636 bits per heavy atom. The maximum Gasteiger partial charge on any atom is 0.0119 e. The van der Waals surface area contributed by atoms with Gasteiger partial charge in [0.05, 0.1) is 0 Å². The van der Waals surface area contributed by atoms with Crippen LogP contribution in [0.5, 0.6) is 0 Å². The summed E-state index contributed by atoms with van der Waals surface area (Å²) >= 11 is 3.88.